The summed E-state index contributed by atoms with van der Waals surface area (Å²) in [6.07, 6.45) is 1.80. The Morgan fingerprint density at radius 1 is 0.500 bits per heavy atom. The van der Waals surface area contributed by atoms with Crippen molar-refractivity contribution in [1.29, 1.82) is 0 Å². The van der Waals surface area contributed by atoms with Crippen molar-refractivity contribution in [2.75, 3.05) is 0 Å². The Labute approximate surface area is 167 Å². The second-order valence-corrected chi connectivity index (χ2v) is 6.84. The van der Waals surface area contributed by atoms with Gasteiger partial charge in [0.25, 0.3) is 0 Å². The molecule has 0 heterocycles. The van der Waals surface area contributed by atoms with Gasteiger partial charge in [-0.2, -0.15) is 0 Å². The zero-order chi connectivity index (χ0) is 19.3. The fourth-order valence-corrected chi connectivity index (χ4v) is 3.41. The van der Waals surface area contributed by atoms with Crippen LogP contribution in [0.1, 0.15) is 5.56 Å². The fourth-order valence-electron chi connectivity index (χ4n) is 3.41. The smallest absolute Gasteiger partial charge is 0.0171 e. The summed E-state index contributed by atoms with van der Waals surface area (Å²) in [5.41, 5.74) is 9.26. The second kappa shape index (κ2) is 7.94. The molecule has 0 heteroatoms. The molecule has 0 unspecified atom stereocenters. The van der Waals surface area contributed by atoms with E-state index in [1.54, 1.807) is 6.08 Å². The van der Waals surface area contributed by atoms with Gasteiger partial charge in [0.2, 0.25) is 0 Å². The van der Waals surface area contributed by atoms with Gasteiger partial charge in [0.1, 0.15) is 0 Å². The highest BCUT2D eigenvalue weighted by atomic mass is 14.1. The summed E-state index contributed by atoms with van der Waals surface area (Å²) >= 11 is 0. The van der Waals surface area contributed by atoms with E-state index in [9.17, 15) is 0 Å². The summed E-state index contributed by atoms with van der Waals surface area (Å²) < 4.78 is 0. The van der Waals surface area contributed by atoms with Crippen molar-refractivity contribution >= 4 is 5.57 Å². The molecule has 0 fully saturated rings. The predicted octanol–water partition coefficient (Wildman–Crippen LogP) is 7.89. The van der Waals surface area contributed by atoms with Gasteiger partial charge < -0.3 is 0 Å². The van der Waals surface area contributed by atoms with Crippen molar-refractivity contribution in [3.8, 4) is 33.4 Å². The van der Waals surface area contributed by atoms with Crippen molar-refractivity contribution in [2.45, 2.75) is 0 Å². The van der Waals surface area contributed by atoms with Crippen LogP contribution in [0.2, 0.25) is 0 Å². The highest BCUT2D eigenvalue weighted by Gasteiger charge is 2.08. The molecule has 0 N–H and O–H groups in total. The van der Waals surface area contributed by atoms with Crippen LogP contribution in [-0.4, -0.2) is 0 Å². The van der Waals surface area contributed by atoms with Crippen LogP contribution in [0.5, 0.6) is 0 Å². The highest BCUT2D eigenvalue weighted by Crippen LogP contribution is 2.33. The Bertz CT molecular complexity index is 1060. The van der Waals surface area contributed by atoms with Crippen LogP contribution < -0.4 is 0 Å². The van der Waals surface area contributed by atoms with E-state index in [1.165, 1.54) is 33.4 Å². The minimum absolute atomic E-state index is 0.935. The minimum atomic E-state index is 0.935. The van der Waals surface area contributed by atoms with Crippen LogP contribution in [0.4, 0.5) is 0 Å². The van der Waals surface area contributed by atoms with E-state index in [0.717, 1.165) is 11.1 Å². The molecule has 4 rings (SSSR count). The van der Waals surface area contributed by atoms with Gasteiger partial charge >= 0.3 is 0 Å². The molecule has 0 aliphatic rings. The van der Waals surface area contributed by atoms with E-state index in [-0.39, 0.29) is 0 Å². The van der Waals surface area contributed by atoms with Crippen LogP contribution in [0.25, 0.3) is 39.0 Å². The van der Waals surface area contributed by atoms with E-state index >= 15 is 0 Å². The first kappa shape index (κ1) is 17.8. The zero-order valence-electron chi connectivity index (χ0n) is 15.8. The summed E-state index contributed by atoms with van der Waals surface area (Å²) in [6.45, 7) is 7.94. The fraction of sp³-hybridized carbons (Fsp3) is 0. The van der Waals surface area contributed by atoms with E-state index in [1.807, 2.05) is 0 Å². The number of allylic oxidation sites excluding steroid dienone is 2. The van der Waals surface area contributed by atoms with E-state index in [2.05, 4.69) is 116 Å². The maximum atomic E-state index is 4.09. The molecule has 0 aliphatic carbocycles. The van der Waals surface area contributed by atoms with E-state index in [0.29, 0.717) is 0 Å². The van der Waals surface area contributed by atoms with Crippen molar-refractivity contribution in [3.63, 3.8) is 0 Å². The summed E-state index contributed by atoms with van der Waals surface area (Å²) in [6, 6.07) is 36.3. The maximum absolute atomic E-state index is 4.09. The molecule has 0 radical (unpaired) electrons. The molecule has 0 spiro atoms. The molecule has 0 saturated carbocycles. The summed E-state index contributed by atoms with van der Waals surface area (Å²) in [5, 5.41) is 0. The standard InChI is InChI=1S/C28H22/c1-3-21(2)24-15-10-16-25(17-24)28-19-26(22-11-6-4-7-12-22)18-27(20-28)23-13-8-5-9-14-23/h3-20H,1-2H2. The molecular formula is C28H22. The third-order valence-electron chi connectivity index (χ3n) is 4.96. The number of hydrogen-bond acceptors (Lipinski definition) is 0. The van der Waals surface area contributed by atoms with Gasteiger partial charge in [-0.15, -0.1) is 0 Å². The molecule has 4 aromatic rings. The van der Waals surface area contributed by atoms with Crippen LogP contribution in [0.3, 0.4) is 0 Å². The molecule has 0 amide bonds. The lowest BCUT2D eigenvalue weighted by Crippen LogP contribution is -1.87. The van der Waals surface area contributed by atoms with Crippen molar-refractivity contribution in [3.05, 3.63) is 128 Å². The summed E-state index contributed by atoms with van der Waals surface area (Å²) in [4.78, 5) is 0. The third-order valence-corrected chi connectivity index (χ3v) is 4.96. The topological polar surface area (TPSA) is 0 Å². The number of rotatable bonds is 5. The molecule has 28 heavy (non-hydrogen) atoms. The van der Waals surface area contributed by atoms with E-state index < -0.39 is 0 Å². The second-order valence-electron chi connectivity index (χ2n) is 6.84. The molecule has 0 aliphatic heterocycles. The SMILES string of the molecule is C=CC(=C)c1cccc(-c2cc(-c3ccccc3)cc(-c3ccccc3)c2)c1. The lowest BCUT2D eigenvalue weighted by Gasteiger charge is -2.12. The molecule has 0 bridgehead atoms. The molecule has 4 aromatic carbocycles. The van der Waals surface area contributed by atoms with Crippen molar-refractivity contribution in [1.82, 2.24) is 0 Å². The van der Waals surface area contributed by atoms with Gasteiger partial charge in [0.05, 0.1) is 0 Å². The Kier molecular flexibility index (Phi) is 5.03. The Morgan fingerprint density at radius 2 is 0.964 bits per heavy atom. The Morgan fingerprint density at radius 3 is 1.46 bits per heavy atom. The monoisotopic (exact) mass is 358 g/mol. The first-order chi connectivity index (χ1) is 13.7. The number of benzene rings is 4. The molecule has 0 saturated heterocycles. The van der Waals surface area contributed by atoms with Gasteiger partial charge in [0.15, 0.2) is 0 Å². The molecule has 0 atom stereocenters. The average Bonchev–Trinajstić information content (AvgIpc) is 2.79. The van der Waals surface area contributed by atoms with Crippen molar-refractivity contribution < 1.29 is 0 Å². The highest BCUT2D eigenvalue weighted by molar-refractivity contribution is 5.83. The Hall–Kier alpha value is -3.64. The van der Waals surface area contributed by atoms with Crippen LogP contribution in [0.15, 0.2) is 122 Å². The normalized spacial score (nSPS) is 10.4. The zero-order valence-corrected chi connectivity index (χ0v) is 15.8. The predicted molar refractivity (Wildman–Crippen MR) is 122 cm³/mol. The first-order valence-electron chi connectivity index (χ1n) is 9.43. The minimum Gasteiger partial charge on any atom is -0.0985 e. The maximum Gasteiger partial charge on any atom is -0.0171 e. The van der Waals surface area contributed by atoms with Gasteiger partial charge in [0, 0.05) is 0 Å². The lowest BCUT2D eigenvalue weighted by atomic mass is 9.92. The van der Waals surface area contributed by atoms with Gasteiger partial charge in [-0.1, -0.05) is 98.1 Å². The first-order valence-corrected chi connectivity index (χ1v) is 9.43. The average molecular weight is 358 g/mol. The lowest BCUT2D eigenvalue weighted by molar-refractivity contribution is 1.55. The molecule has 134 valence electrons. The van der Waals surface area contributed by atoms with Crippen LogP contribution in [0, 0.1) is 0 Å². The third kappa shape index (κ3) is 3.72. The number of hydrogen-bond donors (Lipinski definition) is 0. The van der Waals surface area contributed by atoms with Crippen LogP contribution in [-0.2, 0) is 0 Å². The van der Waals surface area contributed by atoms with E-state index in [4.69, 9.17) is 0 Å². The van der Waals surface area contributed by atoms with Crippen LogP contribution >= 0.6 is 0 Å². The van der Waals surface area contributed by atoms with Crippen molar-refractivity contribution in [2.24, 2.45) is 0 Å². The van der Waals surface area contributed by atoms with Gasteiger partial charge in [-0.05, 0) is 68.8 Å². The molecule has 0 aromatic heterocycles. The van der Waals surface area contributed by atoms with Gasteiger partial charge in [-0.3, -0.25) is 0 Å². The quantitative estimate of drug-likeness (QED) is 0.318. The summed E-state index contributed by atoms with van der Waals surface area (Å²) in [5.74, 6) is 0. The Balaban J connectivity index is 1.90. The molecular weight excluding hydrogens is 336 g/mol. The molecule has 0 nitrogen and oxygen atoms in total. The van der Waals surface area contributed by atoms with Gasteiger partial charge in [-0.25, -0.2) is 0 Å². The largest absolute Gasteiger partial charge is 0.0985 e. The summed E-state index contributed by atoms with van der Waals surface area (Å²) in [7, 11) is 0.